The number of hydrogen-bond donors (Lipinski definition) is 0. The van der Waals surface area contributed by atoms with Gasteiger partial charge in [-0.2, -0.15) is 0 Å². The van der Waals surface area contributed by atoms with Gasteiger partial charge in [0.15, 0.2) is 16.1 Å². The van der Waals surface area contributed by atoms with Gasteiger partial charge in [-0.1, -0.05) is 231 Å². The van der Waals surface area contributed by atoms with Crippen LogP contribution in [0.25, 0.3) is 22.3 Å². The lowest BCUT2D eigenvalue weighted by Crippen LogP contribution is -2.74. The van der Waals surface area contributed by atoms with Gasteiger partial charge in [-0.05, 0) is 123 Å². The molecule has 0 bridgehead atoms. The molecule has 0 amide bonds. The molecule has 0 unspecified atom stereocenters. The first-order valence-electron chi connectivity index (χ1n) is 22.7. The van der Waals surface area contributed by atoms with Crippen LogP contribution in [0, 0.1) is 0 Å². The fourth-order valence-corrected chi connectivity index (χ4v) is 20.7. The van der Waals surface area contributed by atoms with E-state index in [0.717, 1.165) is 24.3 Å². The van der Waals surface area contributed by atoms with E-state index in [0.29, 0.717) is 0 Å². The van der Waals surface area contributed by atoms with E-state index in [1.807, 2.05) is 0 Å². The highest BCUT2D eigenvalue weighted by molar-refractivity contribution is 7.20. The number of ether oxygens (including phenoxy) is 1. The summed E-state index contributed by atoms with van der Waals surface area (Å²) in [4.78, 5) is 0. The van der Waals surface area contributed by atoms with E-state index in [1.165, 1.54) is 86.0 Å². The summed E-state index contributed by atoms with van der Waals surface area (Å²) in [6, 6.07) is 95.2. The molecule has 0 heterocycles. The van der Waals surface area contributed by atoms with Crippen molar-refractivity contribution in [3.63, 3.8) is 0 Å². The molecule has 0 N–H and O–H groups in total. The number of rotatable bonds is 10. The maximum Gasteiger partial charge on any atom is 0.179 e. The largest absolute Gasteiger partial charge is 0.457 e. The molecule has 10 aromatic rings. The molecule has 0 atom stereocenters. The van der Waals surface area contributed by atoms with E-state index in [4.69, 9.17) is 4.74 Å². The summed E-state index contributed by atoms with van der Waals surface area (Å²) in [7, 11) is -5.36. The van der Waals surface area contributed by atoms with E-state index in [1.54, 1.807) is 0 Å². The quantitative estimate of drug-likeness (QED) is 0.0985. The Bertz CT molecular complexity index is 2900. The molecule has 1 nitrogen and oxygen atoms in total. The normalized spacial score (nSPS) is 12.5. The van der Waals surface area contributed by atoms with Crippen LogP contribution < -0.4 is 46.2 Å². The van der Waals surface area contributed by atoms with Gasteiger partial charge in [0, 0.05) is 0 Å². The minimum Gasteiger partial charge on any atom is -0.457 e. The average molecular weight is 863 g/mol. The van der Waals surface area contributed by atoms with Crippen molar-refractivity contribution < 1.29 is 4.74 Å². The first-order valence-corrected chi connectivity index (χ1v) is 26.7. The molecule has 12 rings (SSSR count). The van der Waals surface area contributed by atoms with E-state index in [9.17, 15) is 0 Å². The van der Waals surface area contributed by atoms with Crippen molar-refractivity contribution in [2.75, 3.05) is 0 Å². The van der Waals surface area contributed by atoms with Gasteiger partial charge in [0.2, 0.25) is 0 Å². The molecule has 0 spiro atoms. The monoisotopic (exact) mass is 862 g/mol. The molecule has 2 aliphatic carbocycles. The minimum atomic E-state index is -2.68. The van der Waals surface area contributed by atoms with Crippen molar-refractivity contribution in [1.82, 2.24) is 0 Å². The lowest BCUT2D eigenvalue weighted by atomic mass is 10.1. The number of hydrogen-bond acceptors (Lipinski definition) is 1. The van der Waals surface area contributed by atoms with Crippen LogP contribution in [0.1, 0.15) is 22.3 Å². The second kappa shape index (κ2) is 16.2. The van der Waals surface area contributed by atoms with Crippen molar-refractivity contribution in [3.8, 4) is 33.8 Å². The summed E-state index contributed by atoms with van der Waals surface area (Å²) in [5.41, 5.74) is 10.5. The third kappa shape index (κ3) is 6.50. The van der Waals surface area contributed by atoms with Gasteiger partial charge in [0.25, 0.3) is 0 Å². The van der Waals surface area contributed by atoms with Crippen LogP contribution in [0.2, 0.25) is 0 Å². The zero-order chi connectivity index (χ0) is 43.2. The van der Waals surface area contributed by atoms with E-state index >= 15 is 0 Å². The van der Waals surface area contributed by atoms with Crippen molar-refractivity contribution in [3.05, 3.63) is 277 Å². The van der Waals surface area contributed by atoms with Crippen molar-refractivity contribution in [1.29, 1.82) is 0 Å². The molecule has 0 radical (unpaired) electrons. The summed E-state index contributed by atoms with van der Waals surface area (Å²) in [6.07, 6.45) is 1.83. The van der Waals surface area contributed by atoms with E-state index in [2.05, 4.69) is 255 Å². The fourth-order valence-electron chi connectivity index (χ4n) is 11.2. The molecule has 0 saturated carbocycles. The van der Waals surface area contributed by atoms with Crippen molar-refractivity contribution >= 4 is 57.6 Å². The summed E-state index contributed by atoms with van der Waals surface area (Å²) in [5.74, 6) is 1.71. The zero-order valence-electron chi connectivity index (χ0n) is 36.1. The highest BCUT2D eigenvalue weighted by Crippen LogP contribution is 2.42. The molecule has 10 aromatic carbocycles. The van der Waals surface area contributed by atoms with Crippen LogP contribution in [0.5, 0.6) is 11.5 Å². The van der Waals surface area contributed by atoms with Crippen LogP contribution in [-0.4, -0.2) is 16.1 Å². The summed E-state index contributed by atoms with van der Waals surface area (Å²) >= 11 is 0. The minimum absolute atomic E-state index is 0.857. The smallest absolute Gasteiger partial charge is 0.179 e. The number of fused-ring (bicyclic) bond motifs is 6. The Kier molecular flexibility index (Phi) is 9.74. The van der Waals surface area contributed by atoms with Crippen molar-refractivity contribution in [2.45, 2.75) is 12.8 Å². The molecule has 3 heteroatoms. The summed E-state index contributed by atoms with van der Waals surface area (Å²) < 4.78 is 6.89. The predicted octanol–water partition coefficient (Wildman–Crippen LogP) is 9.38. The zero-order valence-corrected chi connectivity index (χ0v) is 38.1. The van der Waals surface area contributed by atoms with Crippen LogP contribution >= 0.6 is 0 Å². The van der Waals surface area contributed by atoms with Crippen LogP contribution in [0.4, 0.5) is 0 Å². The van der Waals surface area contributed by atoms with Crippen LogP contribution in [0.3, 0.4) is 0 Å². The Hall–Kier alpha value is -7.57. The Morgan fingerprint density at radius 3 is 0.754 bits per heavy atom. The third-order valence-electron chi connectivity index (χ3n) is 14.1. The van der Waals surface area contributed by atoms with Gasteiger partial charge in [-0.3, -0.25) is 0 Å². The maximum atomic E-state index is 6.89. The highest BCUT2D eigenvalue weighted by Gasteiger charge is 2.43. The molecule has 0 fully saturated rings. The highest BCUT2D eigenvalue weighted by atomic mass is 28.3. The first kappa shape index (κ1) is 39.1. The summed E-state index contributed by atoms with van der Waals surface area (Å²) in [6.45, 7) is 0. The van der Waals surface area contributed by atoms with E-state index < -0.39 is 16.1 Å². The van der Waals surface area contributed by atoms with Crippen LogP contribution in [0.15, 0.2) is 255 Å². The molecule has 0 aliphatic heterocycles. The maximum absolute atomic E-state index is 6.89. The van der Waals surface area contributed by atoms with E-state index in [-0.39, 0.29) is 0 Å². The Labute approximate surface area is 384 Å². The predicted molar refractivity (Wildman–Crippen MR) is 277 cm³/mol. The van der Waals surface area contributed by atoms with Gasteiger partial charge in [-0.15, -0.1) is 0 Å². The Balaban J connectivity index is 0.933. The molecular weight excluding hydrogens is 817 g/mol. The van der Waals surface area contributed by atoms with Gasteiger partial charge in [-0.25, -0.2) is 0 Å². The number of benzene rings is 10. The molecule has 65 heavy (non-hydrogen) atoms. The van der Waals surface area contributed by atoms with Gasteiger partial charge < -0.3 is 4.74 Å². The molecule has 0 aromatic heterocycles. The second-order valence-electron chi connectivity index (χ2n) is 17.5. The topological polar surface area (TPSA) is 9.23 Å². The van der Waals surface area contributed by atoms with Gasteiger partial charge >= 0.3 is 0 Å². The Morgan fingerprint density at radius 1 is 0.231 bits per heavy atom. The van der Waals surface area contributed by atoms with Gasteiger partial charge in [0.05, 0.1) is 0 Å². The molecule has 0 saturated heterocycles. The second-order valence-corrected chi connectivity index (χ2v) is 25.2. The molecule has 308 valence electrons. The Morgan fingerprint density at radius 2 is 0.477 bits per heavy atom. The van der Waals surface area contributed by atoms with Crippen molar-refractivity contribution in [2.24, 2.45) is 0 Å². The lowest BCUT2D eigenvalue weighted by Gasteiger charge is -2.34. The van der Waals surface area contributed by atoms with Gasteiger partial charge in [0.1, 0.15) is 11.5 Å². The summed E-state index contributed by atoms with van der Waals surface area (Å²) in [5, 5.41) is 11.1. The standard InChI is InChI=1S/C62H46OSi2/c1-7-19-51(20-8-1)64(52-21-9-2-10-22-52,53-23-11-3-12-24-53)57-37-33-47-39-45-31-35-49(41-59(45)61(47)43-57)63-50-36-32-46-40-48-34-38-58(44-62(48)60(46)42-50)65(54-25-13-4-14-26-54,55-27-15-5-16-28-55)56-29-17-6-18-30-56/h1-38,41-44H,39-40H2. The molecule has 2 aliphatic rings. The lowest BCUT2D eigenvalue weighted by molar-refractivity contribution is 0.483. The first-order chi connectivity index (χ1) is 32.2. The van der Waals surface area contributed by atoms with Crippen LogP contribution in [-0.2, 0) is 12.8 Å². The fraction of sp³-hybridized carbons (Fsp3) is 0.0323. The molecular formula is C62H46OSi2. The average Bonchev–Trinajstić information content (AvgIpc) is 3.94. The third-order valence-corrected chi connectivity index (χ3v) is 23.6. The SMILES string of the molecule is c1ccc([Si](c2ccccc2)(c2ccccc2)c2ccc3c(c2)-c2cc(Oc4ccc5c(c4)-c4cc([Si](c6ccccc6)(c6ccccc6)c6ccccc6)ccc4C5)ccc2C3)cc1.